The number of aryl methyl sites for hydroxylation is 1. The van der Waals surface area contributed by atoms with Crippen LogP contribution < -0.4 is 15.5 Å². The van der Waals surface area contributed by atoms with Crippen molar-refractivity contribution < 1.29 is 0 Å². The number of anilines is 1. The van der Waals surface area contributed by atoms with E-state index < -0.39 is 0 Å². The minimum Gasteiger partial charge on any atom is -0.363 e. The summed E-state index contributed by atoms with van der Waals surface area (Å²) in [4.78, 5) is 12.6. The number of rotatable bonds is 7. The van der Waals surface area contributed by atoms with E-state index in [2.05, 4.69) is 37.3 Å². The first-order valence-electron chi connectivity index (χ1n) is 9.05. The zero-order valence-electron chi connectivity index (χ0n) is 17.1. The number of hydrogen-bond acceptors (Lipinski definition) is 6. The van der Waals surface area contributed by atoms with Gasteiger partial charge >= 0.3 is 0 Å². The molecule has 0 amide bonds. The van der Waals surface area contributed by atoms with Crippen molar-refractivity contribution in [2.45, 2.75) is 26.6 Å². The Kier molecular flexibility index (Phi) is 8.83. The second kappa shape index (κ2) is 11.1. The summed E-state index contributed by atoms with van der Waals surface area (Å²) >= 11 is 1.72. The van der Waals surface area contributed by atoms with Gasteiger partial charge in [-0.25, -0.2) is 9.98 Å². The number of nitrogens with one attached hydrogen (secondary N) is 2. The van der Waals surface area contributed by atoms with E-state index in [1.165, 1.54) is 4.88 Å². The normalized spacial score (nSPS) is 11.1. The van der Waals surface area contributed by atoms with Crippen LogP contribution in [-0.2, 0) is 26.7 Å². The SMILES string of the molecule is Cc1nnc(CNC(=NCc2cccc(N(C)C)n2)NCc2cccs2)n1C.I. The number of halogens is 1. The molecule has 0 aliphatic heterocycles. The molecule has 0 saturated carbocycles. The molecule has 0 unspecified atom stereocenters. The third-order valence-electron chi connectivity index (χ3n) is 4.26. The molecule has 0 aliphatic carbocycles. The molecule has 3 aromatic heterocycles. The topological polar surface area (TPSA) is 83.3 Å². The lowest BCUT2D eigenvalue weighted by molar-refractivity contribution is 0.714. The van der Waals surface area contributed by atoms with E-state index in [9.17, 15) is 0 Å². The summed E-state index contributed by atoms with van der Waals surface area (Å²) < 4.78 is 1.96. The van der Waals surface area contributed by atoms with Crippen LogP contribution in [0.25, 0.3) is 0 Å². The summed E-state index contributed by atoms with van der Waals surface area (Å²) in [6, 6.07) is 10.1. The lowest BCUT2D eigenvalue weighted by atomic mass is 10.3. The molecule has 3 rings (SSSR count). The third kappa shape index (κ3) is 6.67. The summed E-state index contributed by atoms with van der Waals surface area (Å²) in [5.41, 5.74) is 0.915. The highest BCUT2D eigenvalue weighted by Gasteiger charge is 2.07. The highest BCUT2D eigenvalue weighted by molar-refractivity contribution is 14.0. The van der Waals surface area contributed by atoms with Crippen LogP contribution in [0.3, 0.4) is 0 Å². The third-order valence-corrected chi connectivity index (χ3v) is 5.13. The fraction of sp³-hybridized carbons (Fsp3) is 0.368. The standard InChI is InChI=1S/C19H26N8S.HI/c1-14-24-25-18(27(14)4)13-22-19(21-12-16-8-6-10-28-16)20-11-15-7-5-9-17(23-15)26(2)3;/h5-10H,11-13H2,1-4H3,(H2,20,21,22);1H. The molecular weight excluding hydrogens is 499 g/mol. The fourth-order valence-corrected chi connectivity index (χ4v) is 3.13. The van der Waals surface area contributed by atoms with Crippen molar-refractivity contribution in [3.05, 3.63) is 57.9 Å². The predicted octanol–water partition coefficient (Wildman–Crippen LogP) is 2.70. The Labute approximate surface area is 192 Å². The van der Waals surface area contributed by atoms with Crippen LogP contribution in [0, 0.1) is 6.92 Å². The van der Waals surface area contributed by atoms with E-state index in [-0.39, 0.29) is 24.0 Å². The molecule has 0 fully saturated rings. The number of thiophene rings is 1. The molecule has 2 N–H and O–H groups in total. The number of guanidine groups is 1. The molecule has 156 valence electrons. The van der Waals surface area contributed by atoms with Crippen molar-refractivity contribution in [3.63, 3.8) is 0 Å². The van der Waals surface area contributed by atoms with Gasteiger partial charge in [-0.1, -0.05) is 12.1 Å². The Morgan fingerprint density at radius 1 is 1.14 bits per heavy atom. The van der Waals surface area contributed by atoms with Gasteiger partial charge in [-0.2, -0.15) is 0 Å². The first kappa shape index (κ1) is 23.1. The molecule has 10 heteroatoms. The van der Waals surface area contributed by atoms with Gasteiger partial charge in [-0.15, -0.1) is 45.5 Å². The van der Waals surface area contributed by atoms with Gasteiger partial charge in [0.1, 0.15) is 11.6 Å². The first-order valence-corrected chi connectivity index (χ1v) is 9.93. The molecule has 0 radical (unpaired) electrons. The van der Waals surface area contributed by atoms with Crippen LogP contribution in [0.2, 0.25) is 0 Å². The van der Waals surface area contributed by atoms with Crippen molar-refractivity contribution in [1.29, 1.82) is 0 Å². The number of pyridine rings is 1. The van der Waals surface area contributed by atoms with Gasteiger partial charge in [0.15, 0.2) is 11.8 Å². The van der Waals surface area contributed by atoms with Gasteiger partial charge in [0.2, 0.25) is 0 Å². The van der Waals surface area contributed by atoms with Gasteiger partial charge in [0.25, 0.3) is 0 Å². The zero-order valence-corrected chi connectivity index (χ0v) is 20.2. The monoisotopic (exact) mass is 526 g/mol. The quantitative estimate of drug-likeness (QED) is 0.280. The maximum atomic E-state index is 4.71. The summed E-state index contributed by atoms with van der Waals surface area (Å²) in [7, 11) is 5.92. The van der Waals surface area contributed by atoms with Gasteiger partial charge in [-0.05, 0) is 30.5 Å². The maximum Gasteiger partial charge on any atom is 0.192 e. The van der Waals surface area contributed by atoms with Crippen LogP contribution >= 0.6 is 35.3 Å². The Morgan fingerprint density at radius 2 is 1.93 bits per heavy atom. The van der Waals surface area contributed by atoms with Crippen LogP contribution in [0.4, 0.5) is 5.82 Å². The van der Waals surface area contributed by atoms with E-state index in [0.717, 1.165) is 23.2 Å². The van der Waals surface area contributed by atoms with Crippen LogP contribution in [-0.4, -0.2) is 39.8 Å². The summed E-state index contributed by atoms with van der Waals surface area (Å²) in [6.45, 7) is 3.68. The molecule has 0 aromatic carbocycles. The second-order valence-electron chi connectivity index (χ2n) is 6.56. The molecule has 0 saturated heterocycles. The van der Waals surface area contributed by atoms with Crippen molar-refractivity contribution >= 4 is 47.1 Å². The lowest BCUT2D eigenvalue weighted by Crippen LogP contribution is -2.37. The van der Waals surface area contributed by atoms with E-state index in [0.29, 0.717) is 25.6 Å². The van der Waals surface area contributed by atoms with Crippen molar-refractivity contribution in [1.82, 2.24) is 30.4 Å². The fourth-order valence-electron chi connectivity index (χ4n) is 2.49. The van der Waals surface area contributed by atoms with Crippen molar-refractivity contribution in [3.8, 4) is 0 Å². The Balaban J connectivity index is 0.00000300. The summed E-state index contributed by atoms with van der Waals surface area (Å²) in [5, 5.41) is 17.1. The smallest absolute Gasteiger partial charge is 0.192 e. The molecule has 3 heterocycles. The van der Waals surface area contributed by atoms with Crippen LogP contribution in [0.5, 0.6) is 0 Å². The molecule has 29 heavy (non-hydrogen) atoms. The van der Waals surface area contributed by atoms with Gasteiger partial charge in [0.05, 0.1) is 25.3 Å². The van der Waals surface area contributed by atoms with E-state index >= 15 is 0 Å². The predicted molar refractivity (Wildman–Crippen MR) is 129 cm³/mol. The zero-order chi connectivity index (χ0) is 19.9. The van der Waals surface area contributed by atoms with E-state index in [1.54, 1.807) is 11.3 Å². The van der Waals surface area contributed by atoms with Crippen molar-refractivity contribution in [2.24, 2.45) is 12.0 Å². The largest absolute Gasteiger partial charge is 0.363 e. The highest BCUT2D eigenvalue weighted by Crippen LogP contribution is 2.09. The highest BCUT2D eigenvalue weighted by atomic mass is 127. The molecule has 0 bridgehead atoms. The Bertz CT molecular complexity index is 920. The number of aromatic nitrogens is 4. The lowest BCUT2D eigenvalue weighted by Gasteiger charge is -2.13. The van der Waals surface area contributed by atoms with Gasteiger partial charge in [-0.3, -0.25) is 0 Å². The van der Waals surface area contributed by atoms with E-state index in [4.69, 9.17) is 4.99 Å². The second-order valence-corrected chi connectivity index (χ2v) is 7.59. The Hall–Kier alpha value is -2.21. The van der Waals surface area contributed by atoms with Crippen LogP contribution in [0.1, 0.15) is 22.2 Å². The minimum atomic E-state index is 0. The maximum absolute atomic E-state index is 4.71. The molecule has 0 atom stereocenters. The molecule has 0 spiro atoms. The molecule has 3 aromatic rings. The number of hydrogen-bond donors (Lipinski definition) is 2. The first-order chi connectivity index (χ1) is 13.5. The van der Waals surface area contributed by atoms with Crippen molar-refractivity contribution in [2.75, 3.05) is 19.0 Å². The van der Waals surface area contributed by atoms with Gasteiger partial charge in [0, 0.05) is 26.0 Å². The summed E-state index contributed by atoms with van der Waals surface area (Å²) in [5.74, 6) is 3.37. The molecular formula is C19H27IN8S. The minimum absolute atomic E-state index is 0. The number of aliphatic imine (C=N–C) groups is 1. The van der Waals surface area contributed by atoms with E-state index in [1.807, 2.05) is 61.8 Å². The number of nitrogens with zero attached hydrogens (tertiary/aromatic N) is 6. The molecule has 8 nitrogen and oxygen atoms in total. The van der Waals surface area contributed by atoms with Gasteiger partial charge < -0.3 is 20.1 Å². The average molecular weight is 526 g/mol. The summed E-state index contributed by atoms with van der Waals surface area (Å²) in [6.07, 6.45) is 0. The Morgan fingerprint density at radius 3 is 2.59 bits per heavy atom. The van der Waals surface area contributed by atoms with Crippen LogP contribution in [0.15, 0.2) is 40.7 Å². The average Bonchev–Trinajstić information content (AvgIpc) is 3.32. The molecule has 0 aliphatic rings.